The number of alkyl halides is 3. The smallest absolute Gasteiger partial charge is 0.359 e. The van der Waals surface area contributed by atoms with Crippen molar-refractivity contribution in [3.63, 3.8) is 0 Å². The first-order valence-electron chi connectivity index (χ1n) is 10.6. The van der Waals surface area contributed by atoms with Gasteiger partial charge >= 0.3 is 6.18 Å². The van der Waals surface area contributed by atoms with Gasteiger partial charge in [0, 0.05) is 26.2 Å². The van der Waals surface area contributed by atoms with Crippen LogP contribution >= 0.6 is 11.3 Å². The number of thiazole rings is 1. The number of halogens is 3. The zero-order valence-corrected chi connectivity index (χ0v) is 18.1. The molecule has 0 radical (unpaired) electrons. The van der Waals surface area contributed by atoms with E-state index in [1.807, 2.05) is 11.0 Å². The summed E-state index contributed by atoms with van der Waals surface area (Å²) in [5.74, 6) is 0.899. The van der Waals surface area contributed by atoms with Crippen LogP contribution in [0.1, 0.15) is 29.3 Å². The number of aromatic nitrogens is 3. The molecule has 2 aliphatic rings. The highest BCUT2D eigenvalue weighted by atomic mass is 32.1. The SMILES string of the molecule is CN1CCC(c2ccc3nc(-c4nc(C(F)(F)F)sc4N4CCNCC4)[nH]c3c2)CC1. The second-order valence-electron chi connectivity index (χ2n) is 8.35. The number of hydrogen-bond donors (Lipinski definition) is 2. The highest BCUT2D eigenvalue weighted by Gasteiger charge is 2.38. The number of fused-ring (bicyclic) bond motifs is 1. The zero-order valence-electron chi connectivity index (χ0n) is 17.3. The van der Waals surface area contributed by atoms with Gasteiger partial charge < -0.3 is 20.1 Å². The summed E-state index contributed by atoms with van der Waals surface area (Å²) in [6.07, 6.45) is -2.26. The third-order valence-electron chi connectivity index (χ3n) is 6.18. The second-order valence-corrected chi connectivity index (χ2v) is 9.32. The molecule has 0 aliphatic carbocycles. The van der Waals surface area contributed by atoms with E-state index in [0.29, 0.717) is 41.2 Å². The molecule has 5 rings (SSSR count). The van der Waals surface area contributed by atoms with Crippen LogP contribution in [0.4, 0.5) is 18.2 Å². The average Bonchev–Trinajstić information content (AvgIpc) is 3.38. The third-order valence-corrected chi connectivity index (χ3v) is 7.34. The number of piperidine rings is 1. The number of imidazole rings is 1. The molecule has 2 N–H and O–H groups in total. The fraction of sp³-hybridized carbons (Fsp3) is 0.524. The van der Waals surface area contributed by atoms with Gasteiger partial charge in [-0.05, 0) is 56.6 Å². The largest absolute Gasteiger partial charge is 0.443 e. The number of nitrogens with one attached hydrogen (secondary N) is 2. The van der Waals surface area contributed by atoms with Crippen LogP contribution in [-0.4, -0.2) is 66.2 Å². The van der Waals surface area contributed by atoms with Gasteiger partial charge in [-0.25, -0.2) is 9.97 Å². The molecule has 166 valence electrons. The maximum Gasteiger partial charge on any atom is 0.443 e. The van der Waals surface area contributed by atoms with Crippen LogP contribution in [0.5, 0.6) is 0 Å². The van der Waals surface area contributed by atoms with Crippen molar-refractivity contribution in [2.45, 2.75) is 24.9 Å². The van der Waals surface area contributed by atoms with Crippen LogP contribution in [0.25, 0.3) is 22.6 Å². The Kier molecular flexibility index (Phi) is 5.39. The molecule has 2 fully saturated rings. The van der Waals surface area contributed by atoms with E-state index in [1.165, 1.54) is 5.56 Å². The quantitative estimate of drug-likeness (QED) is 0.633. The molecule has 0 bridgehead atoms. The Labute approximate surface area is 182 Å². The van der Waals surface area contributed by atoms with Gasteiger partial charge in [0.05, 0.1) is 11.0 Å². The van der Waals surface area contributed by atoms with E-state index in [-0.39, 0.29) is 5.69 Å². The third kappa shape index (κ3) is 4.16. The molecule has 6 nitrogen and oxygen atoms in total. The molecule has 0 atom stereocenters. The Balaban J connectivity index is 1.51. The molecule has 31 heavy (non-hydrogen) atoms. The first-order valence-corrected chi connectivity index (χ1v) is 11.4. The van der Waals surface area contributed by atoms with Gasteiger partial charge in [-0.3, -0.25) is 0 Å². The Hall–Kier alpha value is -2.17. The van der Waals surface area contributed by atoms with E-state index in [9.17, 15) is 13.2 Å². The monoisotopic (exact) mass is 450 g/mol. The van der Waals surface area contributed by atoms with Gasteiger partial charge in [-0.15, -0.1) is 0 Å². The van der Waals surface area contributed by atoms with E-state index < -0.39 is 11.2 Å². The number of benzene rings is 1. The lowest BCUT2D eigenvalue weighted by atomic mass is 9.89. The Morgan fingerprint density at radius 3 is 2.52 bits per heavy atom. The lowest BCUT2D eigenvalue weighted by molar-refractivity contribution is -0.137. The number of aromatic amines is 1. The summed E-state index contributed by atoms with van der Waals surface area (Å²) in [6, 6.07) is 6.16. The zero-order chi connectivity index (χ0) is 21.6. The normalized spacial score (nSPS) is 19.4. The molecule has 4 heterocycles. The van der Waals surface area contributed by atoms with Crippen molar-refractivity contribution < 1.29 is 13.2 Å². The van der Waals surface area contributed by atoms with Crippen LogP contribution in [0.15, 0.2) is 18.2 Å². The minimum atomic E-state index is -4.47. The molecular formula is C21H25F3N6S. The number of piperazine rings is 1. The van der Waals surface area contributed by atoms with Crippen LogP contribution in [0.2, 0.25) is 0 Å². The van der Waals surface area contributed by atoms with Crippen LogP contribution < -0.4 is 10.2 Å². The van der Waals surface area contributed by atoms with Gasteiger partial charge in [-0.1, -0.05) is 17.4 Å². The molecule has 0 spiro atoms. The number of likely N-dealkylation sites (tertiary alicyclic amines) is 1. The first kappa shape index (κ1) is 20.7. The summed E-state index contributed by atoms with van der Waals surface area (Å²) >= 11 is 0.701. The Bertz CT molecular complexity index is 1060. The van der Waals surface area contributed by atoms with Crippen molar-refractivity contribution in [1.82, 2.24) is 25.2 Å². The summed E-state index contributed by atoms with van der Waals surface area (Å²) in [7, 11) is 2.14. The molecule has 0 unspecified atom stereocenters. The van der Waals surface area contributed by atoms with E-state index in [1.54, 1.807) is 0 Å². The summed E-state index contributed by atoms with van der Waals surface area (Å²) in [6.45, 7) is 4.91. The fourth-order valence-electron chi connectivity index (χ4n) is 4.41. The number of hydrogen-bond acceptors (Lipinski definition) is 6. The average molecular weight is 451 g/mol. The van der Waals surface area contributed by atoms with Crippen molar-refractivity contribution in [3.05, 3.63) is 28.8 Å². The van der Waals surface area contributed by atoms with Gasteiger partial charge in [-0.2, -0.15) is 13.2 Å². The van der Waals surface area contributed by atoms with Crippen molar-refractivity contribution in [1.29, 1.82) is 0 Å². The Morgan fingerprint density at radius 2 is 1.81 bits per heavy atom. The van der Waals surface area contributed by atoms with E-state index in [0.717, 1.165) is 50.1 Å². The van der Waals surface area contributed by atoms with E-state index in [2.05, 4.69) is 44.3 Å². The molecule has 1 aromatic carbocycles. The van der Waals surface area contributed by atoms with Crippen molar-refractivity contribution in [2.75, 3.05) is 51.2 Å². The summed E-state index contributed by atoms with van der Waals surface area (Å²) in [5.41, 5.74) is 3.14. The summed E-state index contributed by atoms with van der Waals surface area (Å²) in [4.78, 5) is 16.1. The highest BCUT2D eigenvalue weighted by molar-refractivity contribution is 7.16. The predicted molar refractivity (Wildman–Crippen MR) is 117 cm³/mol. The first-order chi connectivity index (χ1) is 14.9. The van der Waals surface area contributed by atoms with Gasteiger partial charge in [0.2, 0.25) is 5.01 Å². The number of anilines is 1. The van der Waals surface area contributed by atoms with Crippen LogP contribution in [-0.2, 0) is 6.18 Å². The van der Waals surface area contributed by atoms with E-state index in [4.69, 9.17) is 0 Å². The van der Waals surface area contributed by atoms with Gasteiger partial charge in [0.1, 0.15) is 10.7 Å². The Morgan fingerprint density at radius 1 is 1.06 bits per heavy atom. The topological polar surface area (TPSA) is 60.1 Å². The van der Waals surface area contributed by atoms with Gasteiger partial charge in [0.15, 0.2) is 5.82 Å². The van der Waals surface area contributed by atoms with Crippen LogP contribution in [0, 0.1) is 0 Å². The predicted octanol–water partition coefficient (Wildman–Crippen LogP) is 3.92. The molecule has 10 heteroatoms. The maximum absolute atomic E-state index is 13.4. The molecule has 2 saturated heterocycles. The van der Waals surface area contributed by atoms with Crippen molar-refractivity contribution in [3.8, 4) is 11.5 Å². The van der Waals surface area contributed by atoms with Crippen molar-refractivity contribution in [2.24, 2.45) is 0 Å². The second kappa shape index (κ2) is 8.07. The molecule has 0 saturated carbocycles. The minimum absolute atomic E-state index is 0.288. The lowest BCUT2D eigenvalue weighted by Crippen LogP contribution is -2.43. The number of H-pyrrole nitrogens is 1. The standard InChI is InChI=1S/C21H25F3N6S/c1-29-8-4-13(5-9-29)14-2-3-15-16(12-14)27-18(26-15)17-19(30-10-6-25-7-11-30)31-20(28-17)21(22,23)24/h2-3,12-13,25H,4-11H2,1H3,(H,26,27). The van der Waals surface area contributed by atoms with Crippen LogP contribution in [0.3, 0.4) is 0 Å². The molecular weight excluding hydrogens is 425 g/mol. The summed E-state index contributed by atoms with van der Waals surface area (Å²) in [5, 5.41) is 2.94. The van der Waals surface area contributed by atoms with Crippen molar-refractivity contribution >= 4 is 27.4 Å². The molecule has 2 aliphatic heterocycles. The maximum atomic E-state index is 13.4. The molecule has 0 amide bonds. The lowest BCUT2D eigenvalue weighted by Gasteiger charge is -2.29. The fourth-order valence-corrected chi connectivity index (χ4v) is 5.39. The van der Waals surface area contributed by atoms with E-state index >= 15 is 0 Å². The van der Waals surface area contributed by atoms with Gasteiger partial charge in [0.25, 0.3) is 0 Å². The number of nitrogens with zero attached hydrogens (tertiary/aromatic N) is 4. The number of rotatable bonds is 3. The highest BCUT2D eigenvalue weighted by Crippen LogP contribution is 2.42. The summed E-state index contributed by atoms with van der Waals surface area (Å²) < 4.78 is 40.3. The molecule has 3 aromatic rings. The molecule has 2 aromatic heterocycles. The minimum Gasteiger partial charge on any atom is -0.359 e.